The highest BCUT2D eigenvalue weighted by Gasteiger charge is 2.33. The Morgan fingerprint density at radius 1 is 0.975 bits per heavy atom. The smallest absolute Gasteiger partial charge is 0.254 e. The van der Waals surface area contributed by atoms with E-state index < -0.39 is 0 Å². The predicted molar refractivity (Wildman–Crippen MR) is 156 cm³/mol. The average Bonchev–Trinajstić information content (AvgIpc) is 3.40. The van der Waals surface area contributed by atoms with E-state index in [-0.39, 0.29) is 23.8 Å². The number of benzene rings is 1. The average molecular weight is 562 g/mol. The quantitative estimate of drug-likeness (QED) is 0.326. The minimum atomic E-state index is -0.0267. The van der Waals surface area contributed by atoms with Gasteiger partial charge >= 0.3 is 0 Å². The number of ether oxygens (including phenoxy) is 4. The van der Waals surface area contributed by atoms with Gasteiger partial charge < -0.3 is 34.1 Å². The number of nitrogens with zero attached hydrogens (tertiary/aromatic N) is 2. The second kappa shape index (κ2) is 16.2. The van der Waals surface area contributed by atoms with Crippen molar-refractivity contribution in [1.82, 2.24) is 15.1 Å². The Labute approximate surface area is 240 Å². The lowest BCUT2D eigenvalue weighted by atomic mass is 9.85. The second-order valence-corrected chi connectivity index (χ2v) is 11.6. The monoisotopic (exact) mass is 561 g/mol. The minimum absolute atomic E-state index is 0.0267. The lowest BCUT2D eigenvalue weighted by Crippen LogP contribution is -2.44. The van der Waals surface area contributed by atoms with Crippen LogP contribution in [0.15, 0.2) is 18.2 Å². The molecule has 1 aliphatic heterocycles. The van der Waals surface area contributed by atoms with Crippen LogP contribution in [0.2, 0.25) is 0 Å². The van der Waals surface area contributed by atoms with Crippen LogP contribution >= 0.6 is 0 Å². The molecule has 1 heterocycles. The van der Waals surface area contributed by atoms with Crippen molar-refractivity contribution in [2.24, 2.45) is 17.8 Å². The van der Waals surface area contributed by atoms with Gasteiger partial charge in [0.05, 0.1) is 19.8 Å². The van der Waals surface area contributed by atoms with Crippen LogP contribution in [0, 0.1) is 17.8 Å². The summed E-state index contributed by atoms with van der Waals surface area (Å²) in [5.74, 6) is 2.37. The maximum atomic E-state index is 13.7. The van der Waals surface area contributed by atoms with Gasteiger partial charge in [-0.15, -0.1) is 0 Å². The number of hydrogen-bond donors (Lipinski definition) is 1. The number of hydrogen-bond acceptors (Lipinski definition) is 7. The summed E-state index contributed by atoms with van der Waals surface area (Å²) in [6.07, 6.45) is 5.91. The predicted octanol–water partition coefficient (Wildman–Crippen LogP) is 3.85. The van der Waals surface area contributed by atoms with Crippen LogP contribution in [-0.4, -0.2) is 102 Å². The normalized spacial score (nSPS) is 22.8. The van der Waals surface area contributed by atoms with Gasteiger partial charge in [0.2, 0.25) is 5.91 Å². The summed E-state index contributed by atoms with van der Waals surface area (Å²) in [6.45, 7) is 8.20. The number of carbonyl (C=O) groups is 2. The third-order valence-electron chi connectivity index (χ3n) is 8.48. The van der Waals surface area contributed by atoms with Crippen molar-refractivity contribution in [1.29, 1.82) is 0 Å². The number of methoxy groups -OCH3 is 3. The van der Waals surface area contributed by atoms with Gasteiger partial charge in [-0.05, 0) is 75.5 Å². The molecule has 0 radical (unpaired) electrons. The summed E-state index contributed by atoms with van der Waals surface area (Å²) < 4.78 is 21.9. The zero-order valence-corrected chi connectivity index (χ0v) is 25.4. The van der Waals surface area contributed by atoms with Crippen molar-refractivity contribution in [3.8, 4) is 11.5 Å². The Morgan fingerprint density at radius 3 is 2.30 bits per heavy atom. The molecule has 1 aromatic rings. The first kappa shape index (κ1) is 32.2. The fraction of sp³-hybridized carbons (Fsp3) is 0.742. The van der Waals surface area contributed by atoms with E-state index in [4.69, 9.17) is 18.9 Å². The molecule has 9 nitrogen and oxygen atoms in total. The molecular formula is C31H51N3O6. The second-order valence-electron chi connectivity index (χ2n) is 11.6. The van der Waals surface area contributed by atoms with Crippen molar-refractivity contribution in [3.63, 3.8) is 0 Å². The molecule has 9 heteroatoms. The first-order chi connectivity index (χ1) is 19.3. The molecule has 2 atom stereocenters. The van der Waals surface area contributed by atoms with Gasteiger partial charge in [0.1, 0.15) is 0 Å². The van der Waals surface area contributed by atoms with Crippen molar-refractivity contribution in [3.05, 3.63) is 23.8 Å². The molecule has 226 valence electrons. The fourth-order valence-corrected chi connectivity index (χ4v) is 5.90. The minimum Gasteiger partial charge on any atom is -0.493 e. The maximum absolute atomic E-state index is 13.7. The maximum Gasteiger partial charge on any atom is 0.254 e. The van der Waals surface area contributed by atoms with E-state index in [9.17, 15) is 9.59 Å². The molecule has 2 fully saturated rings. The Bertz CT molecular complexity index is 934. The van der Waals surface area contributed by atoms with Crippen molar-refractivity contribution >= 4 is 11.8 Å². The Hall–Kier alpha value is -2.36. The Morgan fingerprint density at radius 2 is 1.68 bits per heavy atom. The van der Waals surface area contributed by atoms with Crippen LogP contribution in [-0.2, 0) is 14.3 Å². The van der Waals surface area contributed by atoms with Crippen LogP contribution in [0.5, 0.6) is 11.5 Å². The van der Waals surface area contributed by atoms with Gasteiger partial charge in [0, 0.05) is 78.5 Å². The van der Waals surface area contributed by atoms with Gasteiger partial charge in [-0.25, -0.2) is 0 Å². The zero-order valence-electron chi connectivity index (χ0n) is 25.4. The molecule has 0 bridgehead atoms. The van der Waals surface area contributed by atoms with Gasteiger partial charge in [0.15, 0.2) is 11.5 Å². The summed E-state index contributed by atoms with van der Waals surface area (Å²) >= 11 is 0. The lowest BCUT2D eigenvalue weighted by molar-refractivity contribution is -0.132. The molecule has 0 spiro atoms. The van der Waals surface area contributed by atoms with Gasteiger partial charge in [-0.2, -0.15) is 0 Å². The Kier molecular flexibility index (Phi) is 13.0. The molecule has 2 amide bonds. The van der Waals surface area contributed by atoms with Gasteiger partial charge in [-0.3, -0.25) is 9.59 Å². The first-order valence-corrected chi connectivity index (χ1v) is 14.9. The molecule has 0 aromatic heterocycles. The van der Waals surface area contributed by atoms with Crippen LogP contribution in [0.1, 0.15) is 62.7 Å². The van der Waals surface area contributed by atoms with E-state index in [0.29, 0.717) is 67.7 Å². The fourth-order valence-electron chi connectivity index (χ4n) is 5.90. The van der Waals surface area contributed by atoms with Crippen LogP contribution < -0.4 is 14.8 Å². The molecule has 1 saturated heterocycles. The summed E-state index contributed by atoms with van der Waals surface area (Å²) in [7, 11) is 6.96. The van der Waals surface area contributed by atoms with Crippen molar-refractivity contribution in [2.45, 2.75) is 64.5 Å². The van der Waals surface area contributed by atoms with E-state index in [1.165, 1.54) is 0 Å². The largest absolute Gasteiger partial charge is 0.493 e. The molecule has 1 aliphatic carbocycles. The third kappa shape index (κ3) is 9.08. The SMILES string of the molecule is COCCCOc1cc(C(=O)N(C[C@@H]2CNC[C@H]2CN(C)C(=O)C[C@H]2CC[C@H](OC)CC2)C(C)C)ccc1OC. The highest BCUT2D eigenvalue weighted by Crippen LogP contribution is 2.31. The van der Waals surface area contributed by atoms with E-state index >= 15 is 0 Å². The number of carbonyl (C=O) groups excluding carboxylic acids is 2. The van der Waals surface area contributed by atoms with E-state index in [1.54, 1.807) is 39.5 Å². The van der Waals surface area contributed by atoms with E-state index in [0.717, 1.165) is 45.2 Å². The third-order valence-corrected chi connectivity index (χ3v) is 8.48. The molecular weight excluding hydrogens is 510 g/mol. The van der Waals surface area contributed by atoms with Crippen molar-refractivity contribution < 1.29 is 28.5 Å². The molecule has 0 unspecified atom stereocenters. The number of rotatable bonds is 15. The molecule has 1 aromatic carbocycles. The zero-order chi connectivity index (χ0) is 29.1. The summed E-state index contributed by atoms with van der Waals surface area (Å²) in [4.78, 5) is 30.6. The molecule has 2 aliphatic rings. The van der Waals surface area contributed by atoms with Crippen molar-refractivity contribution in [2.75, 3.05) is 67.8 Å². The van der Waals surface area contributed by atoms with E-state index in [1.807, 2.05) is 16.8 Å². The van der Waals surface area contributed by atoms with E-state index in [2.05, 4.69) is 19.2 Å². The molecule has 40 heavy (non-hydrogen) atoms. The first-order valence-electron chi connectivity index (χ1n) is 14.9. The standard InChI is InChI=1S/C31H51N3O6/c1-22(2)34(31(36)24-10-13-28(39-6)29(17-24)40-15-7-14-37-4)21-26-19-32-18-25(26)20-33(3)30(35)16-23-8-11-27(38-5)12-9-23/h10,13,17,22-23,25-27,32H,7-9,11-12,14-16,18-21H2,1-6H3/t23-,25-,26-,27-/m0/s1. The summed E-state index contributed by atoms with van der Waals surface area (Å²) in [6, 6.07) is 5.40. The van der Waals surface area contributed by atoms with Gasteiger partial charge in [-0.1, -0.05) is 0 Å². The molecule has 1 N–H and O–H groups in total. The highest BCUT2D eigenvalue weighted by atomic mass is 16.5. The number of amides is 2. The summed E-state index contributed by atoms with van der Waals surface area (Å²) in [5.41, 5.74) is 0.578. The highest BCUT2D eigenvalue weighted by molar-refractivity contribution is 5.95. The Balaban J connectivity index is 1.60. The molecule has 1 saturated carbocycles. The topological polar surface area (TPSA) is 89.6 Å². The molecule has 3 rings (SSSR count). The lowest BCUT2D eigenvalue weighted by Gasteiger charge is -2.33. The van der Waals surface area contributed by atoms with Crippen LogP contribution in [0.4, 0.5) is 0 Å². The van der Waals surface area contributed by atoms with Gasteiger partial charge in [0.25, 0.3) is 5.91 Å². The van der Waals surface area contributed by atoms with Crippen LogP contribution in [0.3, 0.4) is 0 Å². The summed E-state index contributed by atoms with van der Waals surface area (Å²) in [5, 5.41) is 3.50. The van der Waals surface area contributed by atoms with Crippen LogP contribution in [0.25, 0.3) is 0 Å². The number of nitrogens with one attached hydrogen (secondary N) is 1.